The van der Waals surface area contributed by atoms with Crippen LogP contribution in [0.25, 0.3) is 0 Å². The van der Waals surface area contributed by atoms with Crippen LogP contribution in [0.1, 0.15) is 17.6 Å². The average Bonchev–Trinajstić information content (AvgIpc) is 2.09. The first kappa shape index (κ1) is 10.2. The van der Waals surface area contributed by atoms with Crippen molar-refractivity contribution in [3.05, 3.63) is 33.3 Å². The minimum Gasteiger partial charge on any atom is -0.205 e. The molecular formula is C8H3Cl2F2N. The third-order valence-corrected chi connectivity index (χ3v) is 2.22. The van der Waals surface area contributed by atoms with Crippen LogP contribution in [0.2, 0.25) is 10.0 Å². The zero-order valence-electron chi connectivity index (χ0n) is 6.19. The number of alkyl halides is 2. The molecule has 1 nitrogen and oxygen atoms in total. The summed E-state index contributed by atoms with van der Waals surface area (Å²) < 4.78 is 24.4. The van der Waals surface area contributed by atoms with E-state index in [-0.39, 0.29) is 21.2 Å². The molecule has 0 N–H and O–H groups in total. The Balaban J connectivity index is 3.32. The molecule has 0 heterocycles. The molecule has 0 bridgehead atoms. The lowest BCUT2D eigenvalue weighted by molar-refractivity contribution is 0.151. The average molecular weight is 222 g/mol. The molecule has 0 fully saturated rings. The standard InChI is InChI=1S/C8H3Cl2F2N/c9-6-2-4(8(11)12)1-5(3-13)7(6)10/h1-2,8H. The van der Waals surface area contributed by atoms with Crippen LogP contribution < -0.4 is 0 Å². The summed E-state index contributed by atoms with van der Waals surface area (Å²) in [6.07, 6.45) is -2.65. The number of nitriles is 1. The fourth-order valence-electron chi connectivity index (χ4n) is 0.817. The highest BCUT2D eigenvalue weighted by atomic mass is 35.5. The van der Waals surface area contributed by atoms with Crippen LogP contribution in [0.5, 0.6) is 0 Å². The van der Waals surface area contributed by atoms with Crippen LogP contribution in [0.15, 0.2) is 12.1 Å². The van der Waals surface area contributed by atoms with Crippen LogP contribution in [0, 0.1) is 11.3 Å². The third-order valence-electron chi connectivity index (χ3n) is 1.42. The zero-order valence-corrected chi connectivity index (χ0v) is 7.70. The van der Waals surface area contributed by atoms with Crippen molar-refractivity contribution in [2.24, 2.45) is 0 Å². The second kappa shape index (κ2) is 3.91. The number of hydrogen-bond donors (Lipinski definition) is 0. The Kier molecular flexibility index (Phi) is 3.07. The van der Waals surface area contributed by atoms with Gasteiger partial charge in [0.05, 0.1) is 15.6 Å². The molecule has 5 heteroatoms. The normalized spacial score (nSPS) is 10.2. The molecule has 0 aliphatic heterocycles. The molecule has 0 radical (unpaired) electrons. The summed E-state index contributed by atoms with van der Waals surface area (Å²) in [4.78, 5) is 0. The van der Waals surface area contributed by atoms with Crippen molar-refractivity contribution in [3.63, 3.8) is 0 Å². The van der Waals surface area contributed by atoms with E-state index in [0.29, 0.717) is 0 Å². The molecule has 0 spiro atoms. The van der Waals surface area contributed by atoms with Gasteiger partial charge in [0.2, 0.25) is 0 Å². The van der Waals surface area contributed by atoms with Gasteiger partial charge in [-0.1, -0.05) is 23.2 Å². The quantitative estimate of drug-likeness (QED) is 0.708. The van der Waals surface area contributed by atoms with Crippen molar-refractivity contribution in [2.75, 3.05) is 0 Å². The largest absolute Gasteiger partial charge is 0.263 e. The molecule has 0 saturated carbocycles. The van der Waals surface area contributed by atoms with E-state index in [2.05, 4.69) is 0 Å². The van der Waals surface area contributed by atoms with Crippen molar-refractivity contribution < 1.29 is 8.78 Å². The topological polar surface area (TPSA) is 23.8 Å². The number of rotatable bonds is 1. The molecule has 0 aliphatic carbocycles. The highest BCUT2D eigenvalue weighted by molar-refractivity contribution is 6.42. The maximum absolute atomic E-state index is 12.2. The maximum atomic E-state index is 12.2. The fraction of sp³-hybridized carbons (Fsp3) is 0.125. The lowest BCUT2D eigenvalue weighted by Gasteiger charge is -2.03. The molecule has 1 aromatic carbocycles. The Morgan fingerprint density at radius 2 is 1.92 bits per heavy atom. The van der Waals surface area contributed by atoms with Gasteiger partial charge in [-0.05, 0) is 12.1 Å². The van der Waals surface area contributed by atoms with E-state index in [1.807, 2.05) is 0 Å². The summed E-state index contributed by atoms with van der Waals surface area (Å²) in [6, 6.07) is 3.76. The van der Waals surface area contributed by atoms with Gasteiger partial charge < -0.3 is 0 Å². The van der Waals surface area contributed by atoms with Crippen molar-refractivity contribution in [1.29, 1.82) is 5.26 Å². The molecule has 0 amide bonds. The Morgan fingerprint density at radius 1 is 1.31 bits per heavy atom. The van der Waals surface area contributed by atoms with Gasteiger partial charge in [0.25, 0.3) is 6.43 Å². The fourth-order valence-corrected chi connectivity index (χ4v) is 1.20. The van der Waals surface area contributed by atoms with Crippen molar-refractivity contribution in [1.82, 2.24) is 0 Å². The summed E-state index contributed by atoms with van der Waals surface area (Å²) >= 11 is 11.1. The van der Waals surface area contributed by atoms with Gasteiger partial charge in [0.1, 0.15) is 6.07 Å². The molecule has 1 aromatic rings. The first-order chi connectivity index (χ1) is 6.06. The Hall–Kier alpha value is -0.850. The SMILES string of the molecule is N#Cc1cc(C(F)F)cc(Cl)c1Cl. The van der Waals surface area contributed by atoms with Gasteiger partial charge in [0, 0.05) is 5.56 Å². The van der Waals surface area contributed by atoms with E-state index >= 15 is 0 Å². The van der Waals surface area contributed by atoms with Crippen molar-refractivity contribution >= 4 is 23.2 Å². The molecule has 0 aliphatic rings. The number of nitrogens with zero attached hydrogens (tertiary/aromatic N) is 1. The number of benzene rings is 1. The van der Waals surface area contributed by atoms with Crippen molar-refractivity contribution in [2.45, 2.75) is 6.43 Å². The Bertz CT molecular complexity index is 371. The van der Waals surface area contributed by atoms with Gasteiger partial charge in [-0.25, -0.2) is 8.78 Å². The smallest absolute Gasteiger partial charge is 0.205 e. The van der Waals surface area contributed by atoms with Gasteiger partial charge in [-0.15, -0.1) is 0 Å². The van der Waals surface area contributed by atoms with E-state index in [1.54, 1.807) is 6.07 Å². The summed E-state index contributed by atoms with van der Waals surface area (Å²) in [5.41, 5.74) is -0.338. The van der Waals surface area contributed by atoms with E-state index in [4.69, 9.17) is 28.5 Å². The Morgan fingerprint density at radius 3 is 2.38 bits per heavy atom. The second-order valence-electron chi connectivity index (χ2n) is 2.28. The predicted molar refractivity (Wildman–Crippen MR) is 46.1 cm³/mol. The maximum Gasteiger partial charge on any atom is 0.263 e. The van der Waals surface area contributed by atoms with Gasteiger partial charge in [-0.2, -0.15) is 5.26 Å². The number of hydrogen-bond acceptors (Lipinski definition) is 1. The van der Waals surface area contributed by atoms with Gasteiger partial charge in [0.15, 0.2) is 0 Å². The van der Waals surface area contributed by atoms with Gasteiger partial charge in [-0.3, -0.25) is 0 Å². The Labute approximate surface area is 83.5 Å². The first-order valence-corrected chi connectivity index (χ1v) is 3.99. The second-order valence-corrected chi connectivity index (χ2v) is 3.06. The van der Waals surface area contributed by atoms with Crippen molar-refractivity contribution in [3.8, 4) is 6.07 Å². The van der Waals surface area contributed by atoms with Crippen LogP contribution in [0.3, 0.4) is 0 Å². The van der Waals surface area contributed by atoms with Gasteiger partial charge >= 0.3 is 0 Å². The first-order valence-electron chi connectivity index (χ1n) is 3.23. The minimum absolute atomic E-state index is 0.00793. The lowest BCUT2D eigenvalue weighted by atomic mass is 10.1. The summed E-state index contributed by atoms with van der Waals surface area (Å²) in [5.74, 6) is 0. The monoisotopic (exact) mass is 221 g/mol. The third kappa shape index (κ3) is 2.09. The number of halogens is 4. The molecule has 0 unspecified atom stereocenters. The summed E-state index contributed by atoms with van der Waals surface area (Å²) in [5, 5.41) is 8.49. The molecule has 0 aromatic heterocycles. The van der Waals surface area contributed by atoms with E-state index < -0.39 is 6.43 Å². The van der Waals surface area contributed by atoms with Crippen LogP contribution in [-0.2, 0) is 0 Å². The molecule has 1 rings (SSSR count). The van der Waals surface area contributed by atoms with E-state index in [0.717, 1.165) is 12.1 Å². The molecule has 68 valence electrons. The van der Waals surface area contributed by atoms with Crippen LogP contribution >= 0.6 is 23.2 Å². The highest BCUT2D eigenvalue weighted by Crippen LogP contribution is 2.30. The summed E-state index contributed by atoms with van der Waals surface area (Å²) in [6.45, 7) is 0. The highest BCUT2D eigenvalue weighted by Gasteiger charge is 2.13. The van der Waals surface area contributed by atoms with E-state index in [9.17, 15) is 8.78 Å². The zero-order chi connectivity index (χ0) is 10.0. The predicted octanol–water partition coefficient (Wildman–Crippen LogP) is 3.80. The van der Waals surface area contributed by atoms with Crippen LogP contribution in [-0.4, -0.2) is 0 Å². The lowest BCUT2D eigenvalue weighted by Crippen LogP contribution is -1.87. The van der Waals surface area contributed by atoms with E-state index in [1.165, 1.54) is 0 Å². The molecule has 13 heavy (non-hydrogen) atoms. The molecule has 0 atom stereocenters. The summed E-state index contributed by atoms with van der Waals surface area (Å²) in [7, 11) is 0. The molecule has 0 saturated heterocycles. The molecular weight excluding hydrogens is 219 g/mol. The van der Waals surface area contributed by atoms with Crippen LogP contribution in [0.4, 0.5) is 8.78 Å². The minimum atomic E-state index is -2.65.